The molecule has 2 fully saturated rings. The minimum Gasteiger partial charge on any atom is -0.393 e. The largest absolute Gasteiger partial charge is 0.393 e. The van der Waals surface area contributed by atoms with Crippen molar-refractivity contribution in [3.63, 3.8) is 0 Å². The van der Waals surface area contributed by atoms with Crippen LogP contribution in [0, 0.1) is 11.8 Å². The molecule has 0 radical (unpaired) electrons. The van der Waals surface area contributed by atoms with Gasteiger partial charge in [-0.05, 0) is 37.2 Å². The van der Waals surface area contributed by atoms with Crippen molar-refractivity contribution in [3.05, 3.63) is 48.0 Å². The monoisotopic (exact) mass is 354 g/mol. The van der Waals surface area contributed by atoms with Crippen molar-refractivity contribution in [2.45, 2.75) is 43.6 Å². The van der Waals surface area contributed by atoms with Crippen molar-refractivity contribution >= 4 is 5.91 Å². The van der Waals surface area contributed by atoms with Gasteiger partial charge in [-0.1, -0.05) is 30.3 Å². The lowest BCUT2D eigenvalue weighted by Crippen LogP contribution is -2.41. The molecule has 1 heterocycles. The molecule has 2 saturated carbocycles. The molecule has 0 aliphatic heterocycles. The summed E-state index contributed by atoms with van der Waals surface area (Å²) < 4.78 is 1.91. The molecule has 1 aromatic carbocycles. The van der Waals surface area contributed by atoms with E-state index in [1.807, 2.05) is 17.7 Å². The number of carbonyl (C=O) groups excluding carboxylic acids is 1. The molecule has 0 unspecified atom stereocenters. The average molecular weight is 354 g/mol. The molecule has 0 spiro atoms. The number of carbonyl (C=O) groups is 1. The molecule has 0 bridgehead atoms. The number of amides is 1. The van der Waals surface area contributed by atoms with E-state index in [9.17, 15) is 9.90 Å². The van der Waals surface area contributed by atoms with E-state index in [1.54, 1.807) is 6.33 Å². The van der Waals surface area contributed by atoms with Crippen LogP contribution >= 0.6 is 0 Å². The predicted molar refractivity (Wildman–Crippen MR) is 97.4 cm³/mol. The standard InChI is InChI=1S/C20H26N4O2/c1-24-12-22-23-19(24)15-9-17(18(25)10-15)11-21-20(26)16-7-14(8-16)13-5-3-2-4-6-13/h2-6,12,14-18,25H,7-11H2,1H3,(H,21,26)/t14?,15-,16?,17+,18+/m0/s1. The van der Waals surface area contributed by atoms with Crippen LogP contribution in [0.15, 0.2) is 36.7 Å². The summed E-state index contributed by atoms with van der Waals surface area (Å²) >= 11 is 0. The number of hydrogen-bond donors (Lipinski definition) is 2. The molecule has 1 aromatic heterocycles. The first-order chi connectivity index (χ1) is 12.6. The van der Waals surface area contributed by atoms with Gasteiger partial charge < -0.3 is 15.0 Å². The van der Waals surface area contributed by atoms with Gasteiger partial charge in [-0.25, -0.2) is 0 Å². The van der Waals surface area contributed by atoms with Gasteiger partial charge >= 0.3 is 0 Å². The van der Waals surface area contributed by atoms with E-state index in [0.29, 0.717) is 18.9 Å². The van der Waals surface area contributed by atoms with Gasteiger partial charge in [0.2, 0.25) is 5.91 Å². The highest BCUT2D eigenvalue weighted by atomic mass is 16.3. The summed E-state index contributed by atoms with van der Waals surface area (Å²) in [6.07, 6.45) is 4.67. The number of aliphatic hydroxyl groups excluding tert-OH is 1. The first-order valence-electron chi connectivity index (χ1n) is 9.46. The number of aliphatic hydroxyl groups is 1. The minimum absolute atomic E-state index is 0.0886. The summed E-state index contributed by atoms with van der Waals surface area (Å²) in [4.78, 5) is 12.4. The second-order valence-corrected chi connectivity index (χ2v) is 7.82. The van der Waals surface area contributed by atoms with Crippen molar-refractivity contribution in [2.24, 2.45) is 18.9 Å². The molecule has 2 N–H and O–H groups in total. The molecule has 6 heteroatoms. The van der Waals surface area contributed by atoms with Crippen molar-refractivity contribution in [2.75, 3.05) is 6.54 Å². The Bertz CT molecular complexity index is 754. The number of benzene rings is 1. The lowest BCUT2D eigenvalue weighted by Gasteiger charge is -2.35. The number of nitrogens with zero attached hydrogens (tertiary/aromatic N) is 3. The van der Waals surface area contributed by atoms with Gasteiger partial charge in [-0.2, -0.15) is 0 Å². The highest BCUT2D eigenvalue weighted by Gasteiger charge is 2.38. The van der Waals surface area contributed by atoms with Crippen molar-refractivity contribution in [3.8, 4) is 0 Å². The first-order valence-corrected chi connectivity index (χ1v) is 9.46. The lowest BCUT2D eigenvalue weighted by atomic mass is 9.71. The summed E-state index contributed by atoms with van der Waals surface area (Å²) in [6, 6.07) is 10.4. The fourth-order valence-corrected chi connectivity index (χ4v) is 4.40. The quantitative estimate of drug-likeness (QED) is 0.860. The number of rotatable bonds is 5. The Labute approximate surface area is 153 Å². The highest BCUT2D eigenvalue weighted by molar-refractivity contribution is 5.79. The molecule has 1 amide bonds. The van der Waals surface area contributed by atoms with Gasteiger partial charge in [-0.3, -0.25) is 4.79 Å². The summed E-state index contributed by atoms with van der Waals surface area (Å²) in [5.74, 6) is 1.96. The smallest absolute Gasteiger partial charge is 0.223 e. The van der Waals surface area contributed by atoms with E-state index in [1.165, 1.54) is 5.56 Å². The molecule has 0 saturated heterocycles. The fourth-order valence-electron chi connectivity index (χ4n) is 4.40. The average Bonchev–Trinajstić information content (AvgIpc) is 3.18. The molecule has 3 atom stereocenters. The van der Waals surface area contributed by atoms with Gasteiger partial charge in [0.1, 0.15) is 12.2 Å². The van der Waals surface area contributed by atoms with Gasteiger partial charge in [0.05, 0.1) is 6.10 Å². The maximum absolute atomic E-state index is 12.4. The van der Waals surface area contributed by atoms with Gasteiger partial charge in [-0.15, -0.1) is 10.2 Å². The van der Waals surface area contributed by atoms with Gasteiger partial charge in [0.25, 0.3) is 0 Å². The molecule has 138 valence electrons. The lowest BCUT2D eigenvalue weighted by molar-refractivity contribution is -0.128. The summed E-state index contributed by atoms with van der Waals surface area (Å²) in [7, 11) is 1.93. The van der Waals surface area contributed by atoms with Crippen LogP contribution in [-0.2, 0) is 11.8 Å². The van der Waals surface area contributed by atoms with E-state index >= 15 is 0 Å². The van der Waals surface area contributed by atoms with Crippen molar-refractivity contribution < 1.29 is 9.90 Å². The third kappa shape index (κ3) is 3.38. The Hall–Kier alpha value is -2.21. The first kappa shape index (κ1) is 17.2. The number of aromatic nitrogens is 3. The van der Waals surface area contributed by atoms with Crippen LogP contribution in [0.25, 0.3) is 0 Å². The Kier molecular flexibility index (Phi) is 4.76. The Morgan fingerprint density at radius 3 is 2.65 bits per heavy atom. The van der Waals surface area contributed by atoms with Crippen molar-refractivity contribution in [1.29, 1.82) is 0 Å². The Balaban J connectivity index is 1.25. The molecule has 2 aliphatic carbocycles. The summed E-state index contributed by atoms with van der Waals surface area (Å²) in [6.45, 7) is 0.543. The van der Waals surface area contributed by atoms with Crippen LogP contribution in [0.3, 0.4) is 0 Å². The highest BCUT2D eigenvalue weighted by Crippen LogP contribution is 2.42. The van der Waals surface area contributed by atoms with E-state index in [2.05, 4.69) is 39.8 Å². The minimum atomic E-state index is -0.393. The summed E-state index contributed by atoms with van der Waals surface area (Å²) in [5.41, 5.74) is 1.33. The third-order valence-corrected chi connectivity index (χ3v) is 6.09. The fraction of sp³-hybridized carbons (Fsp3) is 0.550. The zero-order chi connectivity index (χ0) is 18.1. The normalized spacial score (nSPS) is 30.8. The zero-order valence-corrected chi connectivity index (χ0v) is 15.1. The summed E-state index contributed by atoms with van der Waals surface area (Å²) in [5, 5.41) is 21.5. The van der Waals surface area contributed by atoms with E-state index in [4.69, 9.17) is 0 Å². The second-order valence-electron chi connectivity index (χ2n) is 7.82. The van der Waals surface area contributed by atoms with Crippen LogP contribution in [0.1, 0.15) is 48.9 Å². The second kappa shape index (κ2) is 7.19. The number of hydrogen-bond acceptors (Lipinski definition) is 4. The van der Waals surface area contributed by atoms with Crippen LogP contribution in [-0.4, -0.2) is 38.4 Å². The maximum Gasteiger partial charge on any atom is 0.223 e. The van der Waals surface area contributed by atoms with Crippen LogP contribution in [0.4, 0.5) is 0 Å². The molecule has 6 nitrogen and oxygen atoms in total. The Morgan fingerprint density at radius 2 is 1.96 bits per heavy atom. The third-order valence-electron chi connectivity index (χ3n) is 6.09. The van der Waals surface area contributed by atoms with Crippen LogP contribution in [0.5, 0.6) is 0 Å². The van der Waals surface area contributed by atoms with Crippen LogP contribution in [0.2, 0.25) is 0 Å². The Morgan fingerprint density at radius 1 is 1.19 bits per heavy atom. The van der Waals surface area contributed by atoms with Crippen LogP contribution < -0.4 is 5.32 Å². The van der Waals surface area contributed by atoms with E-state index in [0.717, 1.165) is 25.1 Å². The SMILES string of the molecule is Cn1cnnc1[C@H]1C[C@H](CNC(=O)C2CC(c3ccccc3)C2)[C@H](O)C1. The molecule has 26 heavy (non-hydrogen) atoms. The maximum atomic E-state index is 12.4. The van der Waals surface area contributed by atoms with Gasteiger partial charge in [0.15, 0.2) is 0 Å². The van der Waals surface area contributed by atoms with Crippen molar-refractivity contribution in [1.82, 2.24) is 20.1 Å². The van der Waals surface area contributed by atoms with E-state index in [-0.39, 0.29) is 23.7 Å². The predicted octanol–water partition coefficient (Wildman–Crippen LogP) is 1.98. The topological polar surface area (TPSA) is 80.0 Å². The van der Waals surface area contributed by atoms with E-state index < -0.39 is 6.10 Å². The molecule has 4 rings (SSSR count). The molecular weight excluding hydrogens is 328 g/mol. The molecule has 2 aromatic rings. The zero-order valence-electron chi connectivity index (χ0n) is 15.1. The number of nitrogens with one attached hydrogen (secondary N) is 1. The van der Waals surface area contributed by atoms with Gasteiger partial charge in [0, 0.05) is 31.3 Å². The number of aryl methyl sites for hydroxylation is 1. The molecule has 2 aliphatic rings. The molecular formula is C20H26N4O2.